The van der Waals surface area contributed by atoms with Crippen molar-refractivity contribution < 1.29 is 14.6 Å². The number of aromatic nitrogens is 1. The van der Waals surface area contributed by atoms with Crippen molar-refractivity contribution in [1.82, 2.24) is 4.98 Å². The van der Waals surface area contributed by atoms with Gasteiger partial charge in [0.25, 0.3) is 0 Å². The molecule has 1 heterocycles. The Morgan fingerprint density at radius 3 is 2.15 bits per heavy atom. The Morgan fingerprint density at radius 2 is 1.65 bits per heavy atom. The lowest BCUT2D eigenvalue weighted by atomic mass is 9.93. The highest BCUT2D eigenvalue weighted by Gasteiger charge is 2.18. The Morgan fingerprint density at radius 1 is 1.10 bits per heavy atom. The van der Waals surface area contributed by atoms with Gasteiger partial charge in [-0.25, -0.2) is 0 Å². The van der Waals surface area contributed by atoms with Gasteiger partial charge in [-0.15, -0.1) is 0 Å². The third-order valence-electron chi connectivity index (χ3n) is 3.22. The second kappa shape index (κ2) is 6.70. The summed E-state index contributed by atoms with van der Waals surface area (Å²) in [5.41, 5.74) is 1.98. The maximum atomic E-state index is 11.4. The molecule has 0 amide bonds. The van der Waals surface area contributed by atoms with Gasteiger partial charge in [0.1, 0.15) is 5.75 Å². The van der Waals surface area contributed by atoms with E-state index in [1.165, 1.54) is 0 Å². The van der Waals surface area contributed by atoms with Gasteiger partial charge < -0.3 is 9.84 Å². The van der Waals surface area contributed by atoms with Crippen molar-refractivity contribution in [3.63, 3.8) is 0 Å². The van der Waals surface area contributed by atoms with Crippen LogP contribution in [0, 0.1) is 5.92 Å². The second-order valence-electron chi connectivity index (χ2n) is 4.65. The van der Waals surface area contributed by atoms with Gasteiger partial charge in [-0.05, 0) is 48.2 Å². The first-order chi connectivity index (χ1) is 9.69. The van der Waals surface area contributed by atoms with Crippen molar-refractivity contribution in [1.29, 1.82) is 0 Å². The van der Waals surface area contributed by atoms with Gasteiger partial charge in [0, 0.05) is 12.4 Å². The molecule has 104 valence electrons. The highest BCUT2D eigenvalue weighted by atomic mass is 16.5. The molecule has 2 aromatic rings. The van der Waals surface area contributed by atoms with Gasteiger partial charge in [-0.1, -0.05) is 12.1 Å². The normalized spacial score (nSPS) is 11.8. The maximum absolute atomic E-state index is 11.4. The van der Waals surface area contributed by atoms with Crippen molar-refractivity contribution >= 4 is 5.97 Å². The molecule has 1 atom stereocenters. The summed E-state index contributed by atoms with van der Waals surface area (Å²) in [4.78, 5) is 15.3. The van der Waals surface area contributed by atoms with Crippen LogP contribution in [0.4, 0.5) is 0 Å². The SMILES string of the molecule is COc1ccc(CC(Cc2ccncc2)C(=O)O)cc1. The molecule has 2 rings (SSSR count). The minimum absolute atomic E-state index is 0.439. The number of hydrogen-bond donors (Lipinski definition) is 1. The molecule has 0 saturated heterocycles. The van der Waals surface area contributed by atoms with Crippen LogP contribution >= 0.6 is 0 Å². The van der Waals surface area contributed by atoms with Crippen LogP contribution in [0.1, 0.15) is 11.1 Å². The zero-order valence-corrected chi connectivity index (χ0v) is 11.3. The fourth-order valence-electron chi connectivity index (χ4n) is 2.10. The lowest BCUT2D eigenvalue weighted by molar-refractivity contribution is -0.141. The van der Waals surface area contributed by atoms with E-state index in [9.17, 15) is 9.90 Å². The zero-order chi connectivity index (χ0) is 14.4. The molecular formula is C16H17NO3. The molecule has 1 aromatic heterocycles. The molecule has 1 N–H and O–H groups in total. The Hall–Kier alpha value is -2.36. The number of ether oxygens (including phenoxy) is 1. The van der Waals surface area contributed by atoms with E-state index in [4.69, 9.17) is 4.74 Å². The molecule has 0 aliphatic carbocycles. The number of rotatable bonds is 6. The largest absolute Gasteiger partial charge is 0.497 e. The highest BCUT2D eigenvalue weighted by molar-refractivity contribution is 5.70. The summed E-state index contributed by atoms with van der Waals surface area (Å²) in [6.07, 6.45) is 4.37. The number of carbonyl (C=O) groups is 1. The quantitative estimate of drug-likeness (QED) is 0.877. The van der Waals surface area contributed by atoms with Gasteiger partial charge in [-0.2, -0.15) is 0 Å². The summed E-state index contributed by atoms with van der Waals surface area (Å²) >= 11 is 0. The summed E-state index contributed by atoms with van der Waals surface area (Å²) in [5, 5.41) is 9.36. The number of hydrogen-bond acceptors (Lipinski definition) is 3. The smallest absolute Gasteiger partial charge is 0.307 e. The zero-order valence-electron chi connectivity index (χ0n) is 11.3. The first kappa shape index (κ1) is 14.1. The molecule has 0 radical (unpaired) electrons. The highest BCUT2D eigenvalue weighted by Crippen LogP contribution is 2.17. The third kappa shape index (κ3) is 3.82. The van der Waals surface area contributed by atoms with Crippen LogP contribution in [-0.4, -0.2) is 23.2 Å². The first-order valence-electron chi connectivity index (χ1n) is 6.43. The first-order valence-corrected chi connectivity index (χ1v) is 6.43. The topological polar surface area (TPSA) is 59.4 Å². The second-order valence-corrected chi connectivity index (χ2v) is 4.65. The van der Waals surface area contributed by atoms with Crippen LogP contribution < -0.4 is 4.74 Å². The maximum Gasteiger partial charge on any atom is 0.307 e. The summed E-state index contributed by atoms with van der Waals surface area (Å²) in [6, 6.07) is 11.2. The monoisotopic (exact) mass is 271 g/mol. The lowest BCUT2D eigenvalue weighted by Gasteiger charge is -2.12. The van der Waals surface area contributed by atoms with Crippen LogP contribution in [0.2, 0.25) is 0 Å². The molecular weight excluding hydrogens is 254 g/mol. The number of benzene rings is 1. The van der Waals surface area contributed by atoms with Gasteiger partial charge in [0.15, 0.2) is 0 Å². The van der Waals surface area contributed by atoms with E-state index < -0.39 is 11.9 Å². The molecule has 0 aliphatic rings. The van der Waals surface area contributed by atoms with Crippen LogP contribution in [0.25, 0.3) is 0 Å². The van der Waals surface area contributed by atoms with Crippen LogP contribution in [0.5, 0.6) is 5.75 Å². The molecule has 1 unspecified atom stereocenters. The summed E-state index contributed by atoms with van der Waals surface area (Å²) in [6.45, 7) is 0. The third-order valence-corrected chi connectivity index (χ3v) is 3.22. The van der Waals surface area contributed by atoms with Gasteiger partial charge in [0.2, 0.25) is 0 Å². The van der Waals surface area contributed by atoms with E-state index in [1.807, 2.05) is 36.4 Å². The number of aliphatic carboxylic acids is 1. The number of pyridine rings is 1. The Bertz CT molecular complexity index is 552. The van der Waals surface area contributed by atoms with E-state index >= 15 is 0 Å². The van der Waals surface area contributed by atoms with Crippen molar-refractivity contribution in [2.75, 3.05) is 7.11 Å². The Labute approximate surface area is 118 Å². The molecule has 20 heavy (non-hydrogen) atoms. The summed E-state index contributed by atoms with van der Waals surface area (Å²) in [7, 11) is 1.61. The number of nitrogens with zero attached hydrogens (tertiary/aromatic N) is 1. The Kier molecular flexibility index (Phi) is 4.71. The van der Waals surface area contributed by atoms with Crippen molar-refractivity contribution in [3.05, 3.63) is 59.9 Å². The van der Waals surface area contributed by atoms with Gasteiger partial charge in [-0.3, -0.25) is 9.78 Å². The van der Waals surface area contributed by atoms with E-state index in [0.717, 1.165) is 16.9 Å². The Balaban J connectivity index is 2.07. The van der Waals surface area contributed by atoms with E-state index in [-0.39, 0.29) is 0 Å². The minimum Gasteiger partial charge on any atom is -0.497 e. The van der Waals surface area contributed by atoms with Crippen LogP contribution in [0.15, 0.2) is 48.8 Å². The van der Waals surface area contributed by atoms with E-state index in [1.54, 1.807) is 19.5 Å². The molecule has 0 saturated carbocycles. The molecule has 1 aromatic carbocycles. The van der Waals surface area contributed by atoms with Gasteiger partial charge >= 0.3 is 5.97 Å². The summed E-state index contributed by atoms with van der Waals surface area (Å²) < 4.78 is 5.09. The average molecular weight is 271 g/mol. The van der Waals surface area contributed by atoms with Crippen LogP contribution in [0.3, 0.4) is 0 Å². The number of methoxy groups -OCH3 is 1. The molecule has 0 aliphatic heterocycles. The number of carboxylic acids is 1. The molecule has 0 spiro atoms. The van der Waals surface area contributed by atoms with Crippen molar-refractivity contribution in [2.24, 2.45) is 5.92 Å². The van der Waals surface area contributed by atoms with Crippen molar-refractivity contribution in [3.8, 4) is 5.75 Å². The molecule has 4 heteroatoms. The van der Waals surface area contributed by atoms with Crippen LogP contribution in [-0.2, 0) is 17.6 Å². The van der Waals surface area contributed by atoms with Crippen molar-refractivity contribution in [2.45, 2.75) is 12.8 Å². The predicted molar refractivity (Wildman–Crippen MR) is 75.8 cm³/mol. The van der Waals surface area contributed by atoms with E-state index in [2.05, 4.69) is 4.98 Å². The predicted octanol–water partition coefficient (Wildman–Crippen LogP) is 2.58. The molecule has 4 nitrogen and oxygen atoms in total. The fourth-order valence-corrected chi connectivity index (χ4v) is 2.10. The summed E-state index contributed by atoms with van der Waals surface area (Å²) in [5.74, 6) is -0.446. The molecule has 0 fully saturated rings. The molecule has 0 bridgehead atoms. The lowest BCUT2D eigenvalue weighted by Crippen LogP contribution is -2.19. The number of carboxylic acid groups (broad SMARTS) is 1. The standard InChI is InChI=1S/C16H17NO3/c1-20-15-4-2-12(3-5-15)10-14(16(18)19)11-13-6-8-17-9-7-13/h2-9,14H,10-11H2,1H3,(H,18,19). The fraction of sp³-hybridized carbons (Fsp3) is 0.250. The van der Waals surface area contributed by atoms with Gasteiger partial charge in [0.05, 0.1) is 13.0 Å². The average Bonchev–Trinajstić information content (AvgIpc) is 2.48. The minimum atomic E-state index is -0.780. The van der Waals surface area contributed by atoms with E-state index in [0.29, 0.717) is 12.8 Å².